The van der Waals surface area contributed by atoms with Crippen LogP contribution in [0.15, 0.2) is 89.9 Å². The van der Waals surface area contributed by atoms with Gasteiger partial charge in [0.05, 0.1) is 5.56 Å². The molecule has 0 saturated heterocycles. The first-order valence-electron chi connectivity index (χ1n) is 9.64. The third-order valence-corrected chi connectivity index (χ3v) is 5.37. The van der Waals surface area contributed by atoms with E-state index in [0.717, 1.165) is 16.7 Å². The van der Waals surface area contributed by atoms with Crippen LogP contribution in [0.4, 0.5) is 11.5 Å². The molecule has 0 fully saturated rings. The van der Waals surface area contributed by atoms with Crippen LogP contribution in [0, 0.1) is 0 Å². The molecule has 1 aromatic carbocycles. The number of nitrogens with one attached hydrogen (secondary N) is 2. The Labute approximate surface area is 191 Å². The number of carbonyl (C=O) groups excluding carboxylic acids is 1. The van der Waals surface area contributed by atoms with Crippen LogP contribution in [0.2, 0.25) is 5.02 Å². The van der Waals surface area contributed by atoms with Crippen LogP contribution in [-0.4, -0.2) is 17.4 Å². The van der Waals surface area contributed by atoms with Crippen molar-refractivity contribution in [1.29, 1.82) is 0 Å². The standard InChI is InChI=1S/C24H23ClN4OS/c1-2-3-17(8-11-26)9-12-27-23-22(14-19(15-28-23)18-10-13-31-16-18)24(30)29-21-6-4-20(25)5-7-21/h2-8,10-11,13-16H,1,9,12,26H2,(H,27,28)(H,29,30)/b11-8-,17-3+. The molecule has 0 saturated carbocycles. The Bertz CT molecular complexity index is 1090. The van der Waals surface area contributed by atoms with Gasteiger partial charge in [-0.05, 0) is 77.0 Å². The lowest BCUT2D eigenvalue weighted by molar-refractivity contribution is 0.102. The number of amides is 1. The van der Waals surface area contributed by atoms with Gasteiger partial charge in [-0.2, -0.15) is 11.3 Å². The van der Waals surface area contributed by atoms with Crippen LogP contribution in [0.5, 0.6) is 0 Å². The second kappa shape index (κ2) is 11.2. The van der Waals surface area contributed by atoms with Gasteiger partial charge in [-0.15, -0.1) is 0 Å². The van der Waals surface area contributed by atoms with Crippen molar-refractivity contribution in [3.63, 3.8) is 0 Å². The summed E-state index contributed by atoms with van der Waals surface area (Å²) in [6.45, 7) is 4.30. The van der Waals surface area contributed by atoms with Crippen molar-refractivity contribution in [2.45, 2.75) is 6.42 Å². The molecular weight excluding hydrogens is 428 g/mol. The molecule has 0 radical (unpaired) electrons. The average molecular weight is 451 g/mol. The number of thiophene rings is 1. The summed E-state index contributed by atoms with van der Waals surface area (Å²) in [6, 6.07) is 10.8. The van der Waals surface area contributed by atoms with Crippen LogP contribution in [0.3, 0.4) is 0 Å². The van der Waals surface area contributed by atoms with E-state index in [1.807, 2.05) is 35.0 Å². The maximum atomic E-state index is 13.1. The lowest BCUT2D eigenvalue weighted by Gasteiger charge is -2.13. The number of anilines is 2. The molecule has 0 aliphatic carbocycles. The summed E-state index contributed by atoms with van der Waals surface area (Å²) < 4.78 is 0. The number of hydrogen-bond donors (Lipinski definition) is 3. The van der Waals surface area contributed by atoms with Crippen molar-refractivity contribution in [2.24, 2.45) is 5.73 Å². The Morgan fingerprint density at radius 2 is 2.03 bits per heavy atom. The number of allylic oxidation sites excluding steroid dienone is 3. The summed E-state index contributed by atoms with van der Waals surface area (Å²) in [4.78, 5) is 17.6. The van der Waals surface area contributed by atoms with Crippen molar-refractivity contribution < 1.29 is 4.79 Å². The number of pyridine rings is 1. The number of hydrogen-bond acceptors (Lipinski definition) is 5. The van der Waals surface area contributed by atoms with E-state index in [-0.39, 0.29) is 5.91 Å². The fraction of sp³-hybridized carbons (Fsp3) is 0.0833. The van der Waals surface area contributed by atoms with Crippen molar-refractivity contribution in [1.82, 2.24) is 4.98 Å². The van der Waals surface area contributed by atoms with Gasteiger partial charge >= 0.3 is 0 Å². The second-order valence-corrected chi connectivity index (χ2v) is 7.82. The van der Waals surface area contributed by atoms with Crippen LogP contribution in [-0.2, 0) is 0 Å². The number of aromatic nitrogens is 1. The smallest absolute Gasteiger partial charge is 0.259 e. The van der Waals surface area contributed by atoms with E-state index in [9.17, 15) is 4.79 Å². The van der Waals surface area contributed by atoms with Gasteiger partial charge in [-0.3, -0.25) is 4.79 Å². The van der Waals surface area contributed by atoms with Gasteiger partial charge in [0.25, 0.3) is 5.91 Å². The molecule has 158 valence electrons. The molecule has 2 aromatic heterocycles. The minimum Gasteiger partial charge on any atom is -0.405 e. The van der Waals surface area contributed by atoms with E-state index in [4.69, 9.17) is 17.3 Å². The predicted molar refractivity (Wildman–Crippen MR) is 132 cm³/mol. The molecule has 0 aliphatic heterocycles. The Kier molecular flexibility index (Phi) is 8.04. The first-order chi connectivity index (χ1) is 15.1. The first kappa shape index (κ1) is 22.3. The SMILES string of the molecule is C=C/C=C(\C=C/N)CCNc1ncc(-c2ccsc2)cc1C(=O)Nc1ccc(Cl)cc1. The summed E-state index contributed by atoms with van der Waals surface area (Å²) in [6.07, 6.45) is 9.40. The summed E-state index contributed by atoms with van der Waals surface area (Å²) in [5.41, 5.74) is 9.55. The third-order valence-electron chi connectivity index (χ3n) is 4.44. The van der Waals surface area contributed by atoms with E-state index in [2.05, 4.69) is 22.2 Å². The molecule has 0 spiro atoms. The molecule has 31 heavy (non-hydrogen) atoms. The van der Waals surface area contributed by atoms with Gasteiger partial charge in [-0.25, -0.2) is 4.98 Å². The fourth-order valence-corrected chi connectivity index (χ4v) is 3.71. The maximum Gasteiger partial charge on any atom is 0.259 e. The number of benzene rings is 1. The summed E-state index contributed by atoms with van der Waals surface area (Å²) in [5, 5.41) is 10.8. The molecule has 1 amide bonds. The van der Waals surface area contributed by atoms with Gasteiger partial charge < -0.3 is 16.4 Å². The number of carbonyl (C=O) groups is 1. The Hall–Kier alpha value is -3.35. The van der Waals surface area contributed by atoms with Gasteiger partial charge in [0.2, 0.25) is 0 Å². The predicted octanol–water partition coefficient (Wildman–Crippen LogP) is 6.10. The molecule has 0 bridgehead atoms. The van der Waals surface area contributed by atoms with Gasteiger partial charge in [0.15, 0.2) is 0 Å². The topological polar surface area (TPSA) is 80.0 Å². The lowest BCUT2D eigenvalue weighted by Crippen LogP contribution is -2.16. The maximum absolute atomic E-state index is 13.1. The van der Waals surface area contributed by atoms with E-state index in [1.54, 1.807) is 47.9 Å². The molecule has 3 aromatic rings. The highest BCUT2D eigenvalue weighted by atomic mass is 35.5. The quantitative estimate of drug-likeness (QED) is 0.344. The Morgan fingerprint density at radius 1 is 1.23 bits per heavy atom. The number of nitrogens with two attached hydrogens (primary N) is 1. The lowest BCUT2D eigenvalue weighted by atomic mass is 10.1. The highest BCUT2D eigenvalue weighted by Gasteiger charge is 2.15. The molecule has 0 aliphatic rings. The van der Waals surface area contributed by atoms with E-state index >= 15 is 0 Å². The van der Waals surface area contributed by atoms with Crippen LogP contribution in [0.1, 0.15) is 16.8 Å². The number of rotatable bonds is 9. The van der Waals surface area contributed by atoms with Crippen LogP contribution in [0.25, 0.3) is 11.1 Å². The van der Waals surface area contributed by atoms with Crippen molar-refractivity contribution >= 4 is 40.4 Å². The molecule has 3 rings (SSSR count). The highest BCUT2D eigenvalue weighted by Crippen LogP contribution is 2.26. The van der Waals surface area contributed by atoms with Crippen LogP contribution >= 0.6 is 22.9 Å². The minimum atomic E-state index is -0.252. The summed E-state index contributed by atoms with van der Waals surface area (Å²) in [5.74, 6) is 0.262. The molecule has 5 nitrogen and oxygen atoms in total. The van der Waals surface area contributed by atoms with Gasteiger partial charge in [0, 0.05) is 29.0 Å². The number of halogens is 1. The first-order valence-corrected chi connectivity index (χ1v) is 11.0. The molecule has 7 heteroatoms. The molecule has 0 unspecified atom stereocenters. The van der Waals surface area contributed by atoms with E-state index in [0.29, 0.717) is 35.1 Å². The second-order valence-electron chi connectivity index (χ2n) is 6.61. The van der Waals surface area contributed by atoms with E-state index < -0.39 is 0 Å². The van der Waals surface area contributed by atoms with Crippen molar-refractivity contribution in [3.05, 3.63) is 101 Å². The highest BCUT2D eigenvalue weighted by molar-refractivity contribution is 7.08. The normalized spacial score (nSPS) is 11.5. The fourth-order valence-electron chi connectivity index (χ4n) is 2.92. The third kappa shape index (κ3) is 6.31. The zero-order valence-electron chi connectivity index (χ0n) is 16.8. The zero-order valence-corrected chi connectivity index (χ0v) is 18.4. The van der Waals surface area contributed by atoms with Crippen molar-refractivity contribution in [3.8, 4) is 11.1 Å². The molecule has 2 heterocycles. The average Bonchev–Trinajstić information content (AvgIpc) is 3.31. The van der Waals surface area contributed by atoms with Gasteiger partial charge in [-0.1, -0.05) is 30.3 Å². The Morgan fingerprint density at radius 3 is 2.71 bits per heavy atom. The van der Waals surface area contributed by atoms with E-state index in [1.165, 1.54) is 6.20 Å². The zero-order chi connectivity index (χ0) is 22.1. The molecule has 0 atom stereocenters. The monoisotopic (exact) mass is 450 g/mol. The summed E-state index contributed by atoms with van der Waals surface area (Å²) in [7, 11) is 0. The number of nitrogens with zero attached hydrogens (tertiary/aromatic N) is 1. The van der Waals surface area contributed by atoms with Gasteiger partial charge in [0.1, 0.15) is 5.82 Å². The largest absolute Gasteiger partial charge is 0.405 e. The minimum absolute atomic E-state index is 0.252. The summed E-state index contributed by atoms with van der Waals surface area (Å²) >= 11 is 7.54. The van der Waals surface area contributed by atoms with Crippen molar-refractivity contribution in [2.75, 3.05) is 17.2 Å². The molecular formula is C24H23ClN4OS. The van der Waals surface area contributed by atoms with Crippen LogP contribution < -0.4 is 16.4 Å². The Balaban J connectivity index is 1.83. The molecule has 4 N–H and O–H groups in total.